The van der Waals surface area contributed by atoms with E-state index in [1.54, 1.807) is 24.3 Å². The molecule has 9 heteroatoms. The molecule has 0 bridgehead atoms. The molecule has 2 rings (SSSR count). The Morgan fingerprint density at radius 2 is 1.93 bits per heavy atom. The van der Waals surface area contributed by atoms with Crippen molar-refractivity contribution in [2.45, 2.75) is 25.8 Å². The van der Waals surface area contributed by atoms with E-state index < -0.39 is 10.2 Å². The standard InChI is InChI=1S/C18H29N3O5S/c1-4-26-17-8-6-5-7-16(17)18(22)19-11-12-21(27(23,24)20(2)3)15-9-13-25-14-10-15/h5-8,15H,4,9-14H2,1-3H3,(H,19,22). The molecule has 1 aliphatic heterocycles. The van der Waals surface area contributed by atoms with Crippen molar-refractivity contribution in [2.24, 2.45) is 0 Å². The summed E-state index contributed by atoms with van der Waals surface area (Å²) >= 11 is 0. The summed E-state index contributed by atoms with van der Waals surface area (Å²) in [6.45, 7) is 3.81. The number of rotatable bonds is 9. The van der Waals surface area contributed by atoms with Crippen LogP contribution in [0.25, 0.3) is 0 Å². The average molecular weight is 400 g/mol. The Bertz CT molecular complexity index is 717. The van der Waals surface area contributed by atoms with Gasteiger partial charge in [-0.25, -0.2) is 0 Å². The minimum Gasteiger partial charge on any atom is -0.493 e. The Labute approximate surface area is 161 Å². The molecule has 0 radical (unpaired) electrons. The smallest absolute Gasteiger partial charge is 0.281 e. The van der Waals surface area contributed by atoms with Crippen molar-refractivity contribution in [3.8, 4) is 5.75 Å². The summed E-state index contributed by atoms with van der Waals surface area (Å²) in [6, 6.07) is 6.87. The third-order valence-corrected chi connectivity index (χ3v) is 6.40. The van der Waals surface area contributed by atoms with E-state index in [1.165, 1.54) is 22.7 Å². The van der Waals surface area contributed by atoms with E-state index in [0.717, 1.165) is 0 Å². The minimum atomic E-state index is -3.58. The summed E-state index contributed by atoms with van der Waals surface area (Å²) in [6.07, 6.45) is 1.29. The molecule has 0 aromatic heterocycles. The number of para-hydroxylation sites is 1. The van der Waals surface area contributed by atoms with Gasteiger partial charge in [-0.1, -0.05) is 12.1 Å². The molecule has 1 aliphatic rings. The number of hydrogen-bond donors (Lipinski definition) is 1. The Hall–Kier alpha value is -1.68. The van der Waals surface area contributed by atoms with Crippen molar-refractivity contribution < 1.29 is 22.7 Å². The van der Waals surface area contributed by atoms with Crippen LogP contribution < -0.4 is 10.1 Å². The molecule has 27 heavy (non-hydrogen) atoms. The van der Waals surface area contributed by atoms with Crippen LogP contribution in [0.4, 0.5) is 0 Å². The normalized spacial score (nSPS) is 15.9. The summed E-state index contributed by atoms with van der Waals surface area (Å²) in [4.78, 5) is 12.5. The van der Waals surface area contributed by atoms with Crippen LogP contribution in [0.2, 0.25) is 0 Å². The molecule has 152 valence electrons. The highest BCUT2D eigenvalue weighted by atomic mass is 32.2. The lowest BCUT2D eigenvalue weighted by atomic mass is 10.1. The number of carbonyl (C=O) groups is 1. The first-order valence-corrected chi connectivity index (χ1v) is 10.5. The number of ether oxygens (including phenoxy) is 2. The maximum Gasteiger partial charge on any atom is 0.281 e. The molecule has 1 aromatic rings. The van der Waals surface area contributed by atoms with Gasteiger partial charge in [0.15, 0.2) is 0 Å². The van der Waals surface area contributed by atoms with Crippen LogP contribution in [0.5, 0.6) is 5.75 Å². The van der Waals surface area contributed by atoms with Gasteiger partial charge < -0.3 is 14.8 Å². The second-order valence-corrected chi connectivity index (χ2v) is 8.52. The van der Waals surface area contributed by atoms with Crippen LogP contribution in [0.1, 0.15) is 30.1 Å². The zero-order chi connectivity index (χ0) is 19.9. The third-order valence-electron chi connectivity index (χ3n) is 4.41. The van der Waals surface area contributed by atoms with Gasteiger partial charge in [0.2, 0.25) is 0 Å². The van der Waals surface area contributed by atoms with Gasteiger partial charge in [0.05, 0.1) is 12.2 Å². The maximum atomic E-state index is 12.7. The van der Waals surface area contributed by atoms with E-state index in [-0.39, 0.29) is 25.0 Å². The molecule has 1 fully saturated rings. The van der Waals surface area contributed by atoms with Crippen molar-refractivity contribution in [1.29, 1.82) is 0 Å². The number of hydrogen-bond acceptors (Lipinski definition) is 5. The molecular formula is C18H29N3O5S. The zero-order valence-corrected chi connectivity index (χ0v) is 17.0. The number of nitrogens with zero attached hydrogens (tertiary/aromatic N) is 2. The molecule has 0 unspecified atom stereocenters. The number of benzene rings is 1. The lowest BCUT2D eigenvalue weighted by Gasteiger charge is -2.34. The van der Waals surface area contributed by atoms with Gasteiger partial charge in [-0.15, -0.1) is 0 Å². The van der Waals surface area contributed by atoms with E-state index in [1.807, 2.05) is 6.92 Å². The summed E-state index contributed by atoms with van der Waals surface area (Å²) in [7, 11) is -0.558. The van der Waals surface area contributed by atoms with Crippen LogP contribution >= 0.6 is 0 Å². The highest BCUT2D eigenvalue weighted by molar-refractivity contribution is 7.86. The topological polar surface area (TPSA) is 88.2 Å². The van der Waals surface area contributed by atoms with E-state index in [0.29, 0.717) is 44.0 Å². The zero-order valence-electron chi connectivity index (χ0n) is 16.2. The minimum absolute atomic E-state index is 0.126. The van der Waals surface area contributed by atoms with Gasteiger partial charge in [-0.2, -0.15) is 17.0 Å². The molecule has 8 nitrogen and oxygen atoms in total. The van der Waals surface area contributed by atoms with E-state index in [2.05, 4.69) is 5.32 Å². The monoisotopic (exact) mass is 399 g/mol. The average Bonchev–Trinajstić information content (AvgIpc) is 2.66. The largest absolute Gasteiger partial charge is 0.493 e. The predicted octanol–water partition coefficient (Wildman–Crippen LogP) is 1.10. The molecule has 0 spiro atoms. The van der Waals surface area contributed by atoms with Gasteiger partial charge >= 0.3 is 0 Å². The van der Waals surface area contributed by atoms with Crippen molar-refractivity contribution in [3.05, 3.63) is 29.8 Å². The molecular weight excluding hydrogens is 370 g/mol. The van der Waals surface area contributed by atoms with E-state index in [9.17, 15) is 13.2 Å². The Kier molecular flexibility index (Phi) is 8.03. The van der Waals surface area contributed by atoms with Crippen LogP contribution in [-0.2, 0) is 14.9 Å². The van der Waals surface area contributed by atoms with Gasteiger partial charge in [0.1, 0.15) is 5.75 Å². The van der Waals surface area contributed by atoms with Gasteiger partial charge in [-0.3, -0.25) is 4.79 Å². The molecule has 1 amide bonds. The Morgan fingerprint density at radius 3 is 2.56 bits per heavy atom. The van der Waals surface area contributed by atoms with Crippen LogP contribution in [0.3, 0.4) is 0 Å². The van der Waals surface area contributed by atoms with Crippen molar-refractivity contribution in [1.82, 2.24) is 13.9 Å². The first kappa shape index (κ1) is 21.6. The maximum absolute atomic E-state index is 12.7. The quantitative estimate of drug-likeness (QED) is 0.672. The second-order valence-electron chi connectivity index (χ2n) is 6.43. The van der Waals surface area contributed by atoms with Gasteiger partial charge in [-0.05, 0) is 31.9 Å². The number of carbonyl (C=O) groups excluding carboxylic acids is 1. The number of nitrogens with one attached hydrogen (secondary N) is 1. The Balaban J connectivity index is 2.03. The molecule has 0 atom stereocenters. The molecule has 1 N–H and O–H groups in total. The first-order chi connectivity index (χ1) is 12.9. The fraction of sp³-hybridized carbons (Fsp3) is 0.611. The lowest BCUT2D eigenvalue weighted by Crippen LogP contribution is -2.50. The summed E-state index contributed by atoms with van der Waals surface area (Å²) in [5, 5.41) is 2.80. The Morgan fingerprint density at radius 1 is 1.26 bits per heavy atom. The fourth-order valence-corrected chi connectivity index (χ4v) is 4.31. The highest BCUT2D eigenvalue weighted by Gasteiger charge is 2.32. The molecule has 1 saturated heterocycles. The van der Waals surface area contributed by atoms with Crippen molar-refractivity contribution in [2.75, 3.05) is 47.0 Å². The first-order valence-electron chi connectivity index (χ1n) is 9.15. The molecule has 1 heterocycles. The predicted molar refractivity (Wildman–Crippen MR) is 103 cm³/mol. The van der Waals surface area contributed by atoms with Crippen LogP contribution in [0, 0.1) is 0 Å². The van der Waals surface area contributed by atoms with Gasteiger partial charge in [0.25, 0.3) is 16.1 Å². The summed E-state index contributed by atoms with van der Waals surface area (Å²) < 4.78 is 38.9. The van der Waals surface area contributed by atoms with E-state index >= 15 is 0 Å². The van der Waals surface area contributed by atoms with Crippen LogP contribution in [0.15, 0.2) is 24.3 Å². The SMILES string of the molecule is CCOc1ccccc1C(=O)NCCN(C1CCOCC1)S(=O)(=O)N(C)C. The summed E-state index contributed by atoms with van der Waals surface area (Å²) in [5.74, 6) is 0.230. The van der Waals surface area contributed by atoms with E-state index in [4.69, 9.17) is 9.47 Å². The second kappa shape index (κ2) is 10.0. The third kappa shape index (κ3) is 5.65. The molecule has 0 saturated carbocycles. The molecule has 1 aromatic carbocycles. The van der Waals surface area contributed by atoms with Crippen LogP contribution in [-0.4, -0.2) is 76.0 Å². The summed E-state index contributed by atoms with van der Waals surface area (Å²) in [5.41, 5.74) is 0.437. The fourth-order valence-electron chi connectivity index (χ4n) is 2.98. The number of amides is 1. The lowest BCUT2D eigenvalue weighted by molar-refractivity contribution is 0.0571. The van der Waals surface area contributed by atoms with Crippen molar-refractivity contribution in [3.63, 3.8) is 0 Å². The van der Waals surface area contributed by atoms with Crippen molar-refractivity contribution >= 4 is 16.1 Å². The van der Waals surface area contributed by atoms with Gasteiger partial charge in [0, 0.05) is 46.4 Å². The molecule has 0 aliphatic carbocycles. The highest BCUT2D eigenvalue weighted by Crippen LogP contribution is 2.20.